The van der Waals surface area contributed by atoms with Gasteiger partial charge in [0.1, 0.15) is 11.4 Å². The Morgan fingerprint density at radius 2 is 2.06 bits per heavy atom. The predicted octanol–water partition coefficient (Wildman–Crippen LogP) is 4.79. The number of halogens is 1. The molecule has 1 nitrogen and oxygen atoms in total. The van der Waals surface area contributed by atoms with Gasteiger partial charge in [-0.25, -0.2) is 0 Å². The Labute approximate surface area is 127 Å². The van der Waals surface area contributed by atoms with Gasteiger partial charge in [0.15, 0.2) is 0 Å². The summed E-state index contributed by atoms with van der Waals surface area (Å²) in [4.78, 5) is 0. The lowest BCUT2D eigenvalue weighted by molar-refractivity contribution is 0.137. The second-order valence-corrected chi connectivity index (χ2v) is 7.13. The molecule has 0 bridgehead atoms. The quantitative estimate of drug-likeness (QED) is 0.328. The van der Waals surface area contributed by atoms with Crippen LogP contribution in [0.2, 0.25) is 0 Å². The van der Waals surface area contributed by atoms with Crippen LogP contribution in [0.3, 0.4) is 0 Å². The number of alkyl halides is 1. The van der Waals surface area contributed by atoms with E-state index in [0.717, 1.165) is 16.6 Å². The van der Waals surface area contributed by atoms with E-state index >= 15 is 0 Å². The highest BCUT2D eigenvalue weighted by atomic mass is 127. The molecule has 1 rings (SSSR count). The van der Waals surface area contributed by atoms with Crippen molar-refractivity contribution in [3.63, 3.8) is 0 Å². The second-order valence-electron chi connectivity index (χ2n) is 4.72. The third kappa shape index (κ3) is 5.30. The summed E-state index contributed by atoms with van der Waals surface area (Å²) in [5.74, 6) is 1.00. The van der Waals surface area contributed by atoms with E-state index in [0.29, 0.717) is 5.25 Å². The van der Waals surface area contributed by atoms with Crippen LogP contribution < -0.4 is 4.74 Å². The first kappa shape index (κ1) is 15.5. The van der Waals surface area contributed by atoms with E-state index in [1.165, 1.54) is 5.56 Å². The summed E-state index contributed by atoms with van der Waals surface area (Å²) >= 11 is 6.62. The molecule has 17 heavy (non-hydrogen) atoms. The van der Waals surface area contributed by atoms with Crippen LogP contribution in [0.1, 0.15) is 26.3 Å². The number of hydrogen-bond acceptors (Lipinski definition) is 3. The Hall–Kier alpha value is 0.450. The van der Waals surface area contributed by atoms with Gasteiger partial charge in [0.25, 0.3) is 0 Å². The smallest absolute Gasteiger partial charge is 0.123 e. The van der Waals surface area contributed by atoms with Crippen LogP contribution in [0.25, 0.3) is 0 Å². The van der Waals surface area contributed by atoms with Gasteiger partial charge in [0.2, 0.25) is 0 Å². The first-order valence-electron chi connectivity index (χ1n) is 5.61. The average molecular weight is 382 g/mol. The molecule has 0 aliphatic heterocycles. The molecule has 1 aromatic carbocycles. The molecule has 1 aromatic rings. The fraction of sp³-hybridized carbons (Fsp3) is 0.538. The zero-order chi connectivity index (χ0) is 12.9. The van der Waals surface area contributed by atoms with E-state index < -0.39 is 0 Å². The lowest BCUT2D eigenvalue weighted by Gasteiger charge is -2.26. The maximum atomic E-state index is 6.09. The molecular weight excluding hydrogens is 363 g/mol. The highest BCUT2D eigenvalue weighted by molar-refractivity contribution is 14.1. The Bertz CT molecular complexity index is 355. The molecule has 0 heterocycles. The molecule has 1 atom stereocenters. The van der Waals surface area contributed by atoms with Crippen molar-refractivity contribution in [3.05, 3.63) is 29.8 Å². The van der Waals surface area contributed by atoms with Gasteiger partial charge in [-0.2, -0.15) is 0 Å². The van der Waals surface area contributed by atoms with E-state index in [4.69, 9.17) is 4.74 Å². The van der Waals surface area contributed by atoms with Gasteiger partial charge in [-0.05, 0) is 31.9 Å². The van der Waals surface area contributed by atoms with Gasteiger partial charge >= 0.3 is 0 Å². The maximum absolute atomic E-state index is 6.09. The Balaban J connectivity index is 2.84. The molecule has 0 unspecified atom stereocenters. The molecule has 0 saturated heterocycles. The summed E-state index contributed by atoms with van der Waals surface area (Å²) in [6.07, 6.45) is 0.988. The third-order valence-corrected chi connectivity index (χ3v) is 5.81. The fourth-order valence-corrected chi connectivity index (χ4v) is 2.08. The van der Waals surface area contributed by atoms with E-state index in [1.807, 2.05) is 6.07 Å². The molecule has 0 saturated carbocycles. The van der Waals surface area contributed by atoms with Gasteiger partial charge < -0.3 is 4.74 Å². The van der Waals surface area contributed by atoms with Gasteiger partial charge in [-0.15, -0.1) is 11.7 Å². The monoisotopic (exact) mass is 382 g/mol. The number of hydrogen-bond donors (Lipinski definition) is 1. The van der Waals surface area contributed by atoms with Crippen molar-refractivity contribution in [2.24, 2.45) is 0 Å². The van der Waals surface area contributed by atoms with Crippen molar-refractivity contribution in [3.8, 4) is 5.75 Å². The van der Waals surface area contributed by atoms with Gasteiger partial charge in [-0.1, -0.05) is 58.5 Å². The normalized spacial score (nSPS) is 13.5. The maximum Gasteiger partial charge on any atom is 0.123 e. The first-order chi connectivity index (χ1) is 7.98. The summed E-state index contributed by atoms with van der Waals surface area (Å²) in [6.45, 7) is 6.41. The van der Waals surface area contributed by atoms with Crippen molar-refractivity contribution < 1.29 is 4.74 Å². The molecular formula is C13H19IOS2. The highest BCUT2D eigenvalue weighted by Crippen LogP contribution is 2.28. The molecule has 4 heteroatoms. The van der Waals surface area contributed by atoms with E-state index in [1.54, 1.807) is 10.8 Å². The average Bonchev–Trinajstić information content (AvgIpc) is 2.31. The van der Waals surface area contributed by atoms with Crippen LogP contribution in [0.4, 0.5) is 0 Å². The first-order valence-corrected chi connectivity index (χ1v) is 9.07. The lowest BCUT2D eigenvalue weighted by Crippen LogP contribution is -2.30. The van der Waals surface area contributed by atoms with E-state index in [9.17, 15) is 0 Å². The molecule has 0 aliphatic rings. The minimum absolute atomic E-state index is 0.117. The van der Waals surface area contributed by atoms with Crippen LogP contribution in [0, 0.1) is 0 Å². The van der Waals surface area contributed by atoms with Crippen LogP contribution in [0.5, 0.6) is 5.75 Å². The van der Waals surface area contributed by atoms with Crippen molar-refractivity contribution >= 4 is 45.0 Å². The summed E-state index contributed by atoms with van der Waals surface area (Å²) < 4.78 is 7.05. The predicted molar refractivity (Wildman–Crippen MR) is 89.8 cm³/mol. The largest absolute Gasteiger partial charge is 0.487 e. The molecule has 0 N–H and O–H groups in total. The van der Waals surface area contributed by atoms with Crippen molar-refractivity contribution in [1.29, 1.82) is 0 Å². The SMILES string of the molecule is C[C@@H](Cc1ccccc1OC(C)(C)CI)SS. The van der Waals surface area contributed by atoms with E-state index in [-0.39, 0.29) is 5.60 Å². The molecule has 0 aliphatic carbocycles. The number of ether oxygens (including phenoxy) is 1. The number of para-hydroxylation sites is 1. The molecule has 96 valence electrons. The Kier molecular flexibility index (Phi) is 6.51. The fourth-order valence-electron chi connectivity index (χ4n) is 1.44. The highest BCUT2D eigenvalue weighted by Gasteiger charge is 2.19. The minimum atomic E-state index is -0.117. The summed E-state index contributed by atoms with van der Waals surface area (Å²) in [5.41, 5.74) is 1.15. The van der Waals surface area contributed by atoms with Crippen LogP contribution in [0.15, 0.2) is 24.3 Å². The Morgan fingerprint density at radius 1 is 1.41 bits per heavy atom. The summed E-state index contributed by atoms with van der Waals surface area (Å²) in [7, 11) is 1.59. The van der Waals surface area contributed by atoms with Gasteiger partial charge in [0, 0.05) is 9.68 Å². The van der Waals surface area contributed by atoms with E-state index in [2.05, 4.69) is 73.2 Å². The molecule has 0 amide bonds. The van der Waals surface area contributed by atoms with Gasteiger partial charge in [0.05, 0.1) is 0 Å². The standard InChI is InChI=1S/C13H19IOS2/c1-10(17-16)8-11-6-4-5-7-12(11)15-13(2,3)9-14/h4-7,10,16H,8-9H2,1-3H3/t10-/m0/s1. The topological polar surface area (TPSA) is 9.23 Å². The molecule has 0 aromatic heterocycles. The minimum Gasteiger partial charge on any atom is -0.487 e. The number of benzene rings is 1. The molecule has 0 radical (unpaired) electrons. The Morgan fingerprint density at radius 3 is 2.65 bits per heavy atom. The van der Waals surface area contributed by atoms with Crippen LogP contribution in [-0.2, 0) is 6.42 Å². The van der Waals surface area contributed by atoms with Crippen LogP contribution >= 0.6 is 45.0 Å². The lowest BCUT2D eigenvalue weighted by atomic mass is 10.1. The van der Waals surface area contributed by atoms with Crippen molar-refractivity contribution in [2.45, 2.75) is 38.0 Å². The second kappa shape index (κ2) is 7.14. The number of rotatable bonds is 6. The van der Waals surface area contributed by atoms with Crippen molar-refractivity contribution in [2.75, 3.05) is 4.43 Å². The third-order valence-electron chi connectivity index (χ3n) is 2.37. The van der Waals surface area contributed by atoms with Crippen molar-refractivity contribution in [1.82, 2.24) is 0 Å². The number of thiol groups is 1. The zero-order valence-corrected chi connectivity index (χ0v) is 14.3. The summed E-state index contributed by atoms with van der Waals surface area (Å²) in [5, 5.41) is 0.491. The van der Waals surface area contributed by atoms with Gasteiger partial charge in [-0.3, -0.25) is 0 Å². The van der Waals surface area contributed by atoms with Crippen LogP contribution in [-0.4, -0.2) is 15.3 Å². The summed E-state index contributed by atoms with van der Waals surface area (Å²) in [6, 6.07) is 8.29. The molecule has 0 fully saturated rings. The zero-order valence-electron chi connectivity index (χ0n) is 10.4. The molecule has 0 spiro atoms.